The number of non-ortho nitro benzene ring substituents is 1. The number of hydrogen-bond acceptors (Lipinski definition) is 7. The van der Waals surface area contributed by atoms with Crippen LogP contribution in [0, 0.1) is 21.4 Å². The molecule has 134 valence electrons. The smallest absolute Gasteiger partial charge is 0.319 e. The van der Waals surface area contributed by atoms with E-state index in [1.165, 1.54) is 23.9 Å². The van der Waals surface area contributed by atoms with Gasteiger partial charge >= 0.3 is 5.97 Å². The minimum atomic E-state index is -0.472. The van der Waals surface area contributed by atoms with Gasteiger partial charge in [-0.05, 0) is 43.3 Å². The van der Waals surface area contributed by atoms with Crippen molar-refractivity contribution in [3.63, 3.8) is 0 Å². The van der Waals surface area contributed by atoms with Crippen molar-refractivity contribution < 1.29 is 19.2 Å². The molecular formula is C18H16N2O5S. The molecule has 8 heteroatoms. The predicted molar refractivity (Wildman–Crippen MR) is 96.0 cm³/mol. The minimum Gasteiger partial charge on any atom is -0.490 e. The highest BCUT2D eigenvalue weighted by Gasteiger charge is 2.16. The van der Waals surface area contributed by atoms with E-state index in [-0.39, 0.29) is 18.9 Å². The van der Waals surface area contributed by atoms with Gasteiger partial charge in [-0.15, -0.1) is 11.8 Å². The molecule has 2 rings (SSSR count). The van der Waals surface area contributed by atoms with Gasteiger partial charge in [-0.1, -0.05) is 0 Å². The van der Waals surface area contributed by atoms with Gasteiger partial charge in [-0.2, -0.15) is 5.26 Å². The number of thioether (sulfide) groups is 1. The molecule has 26 heavy (non-hydrogen) atoms. The molecule has 0 saturated heterocycles. The molecule has 1 atom stereocenters. The molecule has 0 saturated carbocycles. The van der Waals surface area contributed by atoms with Crippen LogP contribution in [-0.2, 0) is 9.53 Å². The average Bonchev–Trinajstić information content (AvgIpc) is 2.66. The summed E-state index contributed by atoms with van der Waals surface area (Å²) in [6.07, 6.45) is 0. The quantitative estimate of drug-likeness (QED) is 0.229. The number of nitriles is 1. The Kier molecular flexibility index (Phi) is 7.00. The molecule has 0 N–H and O–H groups in total. The van der Waals surface area contributed by atoms with Crippen LogP contribution in [-0.4, -0.2) is 29.4 Å². The summed E-state index contributed by atoms with van der Waals surface area (Å²) >= 11 is 1.26. The van der Waals surface area contributed by atoms with Gasteiger partial charge in [0.2, 0.25) is 0 Å². The van der Waals surface area contributed by atoms with Crippen molar-refractivity contribution in [2.45, 2.75) is 17.1 Å². The standard InChI is InChI=1S/C18H16N2O5S/c1-13(26-17-8-4-15(5-9-17)20(22)23)18(21)25-11-10-24-16-6-2-14(12-19)3-7-16/h2-9,13H,10-11H2,1H3/t13-/m0/s1. The van der Waals surface area contributed by atoms with E-state index >= 15 is 0 Å². The maximum absolute atomic E-state index is 12.0. The summed E-state index contributed by atoms with van der Waals surface area (Å²) in [4.78, 5) is 22.9. The maximum atomic E-state index is 12.0. The van der Waals surface area contributed by atoms with Crippen molar-refractivity contribution in [2.75, 3.05) is 13.2 Å². The van der Waals surface area contributed by atoms with Gasteiger partial charge in [0.15, 0.2) is 0 Å². The van der Waals surface area contributed by atoms with E-state index in [0.717, 1.165) is 4.90 Å². The predicted octanol–water partition coefficient (Wildman–Crippen LogP) is 3.57. The summed E-state index contributed by atoms with van der Waals surface area (Å²) in [6.45, 7) is 2.01. The summed E-state index contributed by atoms with van der Waals surface area (Å²) < 4.78 is 10.6. The van der Waals surface area contributed by atoms with E-state index in [1.807, 2.05) is 6.07 Å². The fourth-order valence-electron chi connectivity index (χ4n) is 1.94. The Bertz CT molecular complexity index is 800. The topological polar surface area (TPSA) is 102 Å². The summed E-state index contributed by atoms with van der Waals surface area (Å²) in [5.74, 6) is 0.199. The van der Waals surface area contributed by atoms with Crippen molar-refractivity contribution >= 4 is 23.4 Å². The van der Waals surface area contributed by atoms with Crippen LogP contribution in [0.3, 0.4) is 0 Å². The van der Waals surface area contributed by atoms with Gasteiger partial charge in [-0.3, -0.25) is 14.9 Å². The molecule has 0 fully saturated rings. The van der Waals surface area contributed by atoms with Crippen molar-refractivity contribution in [1.29, 1.82) is 5.26 Å². The maximum Gasteiger partial charge on any atom is 0.319 e. The summed E-state index contributed by atoms with van der Waals surface area (Å²) in [5.41, 5.74) is 0.547. The van der Waals surface area contributed by atoms with Crippen LogP contribution in [0.4, 0.5) is 5.69 Å². The Labute approximate surface area is 154 Å². The Morgan fingerprint density at radius 1 is 1.19 bits per heavy atom. The van der Waals surface area contributed by atoms with Crippen molar-refractivity contribution in [1.82, 2.24) is 0 Å². The average molecular weight is 372 g/mol. The van der Waals surface area contributed by atoms with E-state index in [0.29, 0.717) is 11.3 Å². The first-order valence-corrected chi connectivity index (χ1v) is 8.58. The molecule has 0 heterocycles. The molecule has 2 aromatic carbocycles. The second-order valence-electron chi connectivity index (χ2n) is 5.16. The van der Waals surface area contributed by atoms with E-state index in [1.54, 1.807) is 43.3 Å². The molecule has 0 unspecified atom stereocenters. The molecule has 0 aliphatic carbocycles. The Morgan fingerprint density at radius 3 is 2.42 bits per heavy atom. The molecule has 2 aromatic rings. The van der Waals surface area contributed by atoms with Crippen LogP contribution in [0.1, 0.15) is 12.5 Å². The first kappa shape index (κ1) is 19.3. The molecule has 7 nitrogen and oxygen atoms in total. The third kappa shape index (κ3) is 5.79. The lowest BCUT2D eigenvalue weighted by Crippen LogP contribution is -2.20. The molecule has 0 radical (unpaired) electrons. The highest BCUT2D eigenvalue weighted by Crippen LogP contribution is 2.26. The molecule has 0 aliphatic heterocycles. The van der Waals surface area contributed by atoms with Gasteiger partial charge in [-0.25, -0.2) is 0 Å². The zero-order valence-electron chi connectivity index (χ0n) is 14.0. The minimum absolute atomic E-state index is 0.00420. The largest absolute Gasteiger partial charge is 0.490 e. The zero-order chi connectivity index (χ0) is 18.9. The number of carbonyl (C=O) groups is 1. The normalized spacial score (nSPS) is 11.2. The van der Waals surface area contributed by atoms with Crippen molar-refractivity contribution in [3.05, 3.63) is 64.2 Å². The van der Waals surface area contributed by atoms with E-state index in [2.05, 4.69) is 0 Å². The van der Waals surface area contributed by atoms with Gasteiger partial charge in [0.1, 0.15) is 24.2 Å². The fourth-order valence-corrected chi connectivity index (χ4v) is 2.81. The number of benzene rings is 2. The molecule has 0 amide bonds. The van der Waals surface area contributed by atoms with E-state index in [4.69, 9.17) is 14.7 Å². The van der Waals surface area contributed by atoms with E-state index < -0.39 is 16.1 Å². The van der Waals surface area contributed by atoms with Crippen LogP contribution in [0.15, 0.2) is 53.4 Å². The van der Waals surface area contributed by atoms with E-state index in [9.17, 15) is 14.9 Å². The van der Waals surface area contributed by atoms with Crippen molar-refractivity contribution in [2.24, 2.45) is 0 Å². The number of esters is 1. The molecular weight excluding hydrogens is 356 g/mol. The molecule has 0 aliphatic rings. The van der Waals surface area contributed by atoms with Gasteiger partial charge in [0.25, 0.3) is 5.69 Å². The van der Waals surface area contributed by atoms with Crippen LogP contribution < -0.4 is 4.74 Å². The number of nitrogens with zero attached hydrogens (tertiary/aromatic N) is 2. The Balaban J connectivity index is 1.72. The number of nitro benzene ring substituents is 1. The Hall–Kier alpha value is -3.05. The third-order valence-corrected chi connectivity index (χ3v) is 4.36. The van der Waals surface area contributed by atoms with Gasteiger partial charge < -0.3 is 9.47 Å². The second kappa shape index (κ2) is 9.44. The number of nitro groups is 1. The van der Waals surface area contributed by atoms with Crippen LogP contribution in [0.2, 0.25) is 0 Å². The number of carbonyl (C=O) groups excluding carboxylic acids is 1. The lowest BCUT2D eigenvalue weighted by Gasteiger charge is -2.12. The van der Waals surface area contributed by atoms with Crippen LogP contribution >= 0.6 is 11.8 Å². The molecule has 0 bridgehead atoms. The van der Waals surface area contributed by atoms with Crippen LogP contribution in [0.25, 0.3) is 0 Å². The SMILES string of the molecule is C[C@H](Sc1ccc([N+](=O)[O-])cc1)C(=O)OCCOc1ccc(C#N)cc1. The van der Waals surface area contributed by atoms with Crippen molar-refractivity contribution in [3.8, 4) is 11.8 Å². The highest BCUT2D eigenvalue weighted by atomic mass is 32.2. The number of ether oxygens (including phenoxy) is 2. The lowest BCUT2D eigenvalue weighted by atomic mass is 10.2. The monoisotopic (exact) mass is 372 g/mol. The highest BCUT2D eigenvalue weighted by molar-refractivity contribution is 8.00. The van der Waals surface area contributed by atoms with Crippen LogP contribution in [0.5, 0.6) is 5.75 Å². The first-order valence-electron chi connectivity index (χ1n) is 7.70. The summed E-state index contributed by atoms with van der Waals surface area (Å²) in [6, 6.07) is 14.6. The molecule has 0 spiro atoms. The first-order chi connectivity index (χ1) is 12.5. The zero-order valence-corrected chi connectivity index (χ0v) is 14.8. The summed E-state index contributed by atoms with van der Waals surface area (Å²) in [7, 11) is 0. The number of hydrogen-bond donors (Lipinski definition) is 0. The Morgan fingerprint density at radius 2 is 1.85 bits per heavy atom. The second-order valence-corrected chi connectivity index (χ2v) is 6.58. The number of rotatable bonds is 8. The van der Waals surface area contributed by atoms with Gasteiger partial charge in [0, 0.05) is 17.0 Å². The fraction of sp³-hybridized carbons (Fsp3) is 0.222. The molecule has 0 aromatic heterocycles. The lowest BCUT2D eigenvalue weighted by molar-refractivity contribution is -0.384. The van der Waals surface area contributed by atoms with Gasteiger partial charge in [0.05, 0.1) is 16.6 Å². The summed E-state index contributed by atoms with van der Waals surface area (Å²) in [5, 5.41) is 18.9. The third-order valence-electron chi connectivity index (χ3n) is 3.27.